The van der Waals surface area contributed by atoms with E-state index < -0.39 is 6.04 Å². The average molecular weight is 389 g/mol. The van der Waals surface area contributed by atoms with Gasteiger partial charge in [0.05, 0.1) is 19.0 Å². The number of halogens is 1. The van der Waals surface area contributed by atoms with Crippen LogP contribution >= 0.6 is 11.6 Å². The van der Waals surface area contributed by atoms with Gasteiger partial charge in [-0.1, -0.05) is 23.7 Å². The third-order valence-electron chi connectivity index (χ3n) is 4.58. The molecule has 1 amide bonds. The Morgan fingerprint density at radius 2 is 1.74 bits per heavy atom. The number of rotatable bonds is 4. The Bertz CT molecular complexity index is 803. The molecule has 2 aromatic rings. The van der Waals surface area contributed by atoms with Crippen LogP contribution in [0.15, 0.2) is 36.7 Å². The maximum absolute atomic E-state index is 12.6. The van der Waals surface area contributed by atoms with Crippen molar-refractivity contribution in [3.05, 3.63) is 58.6 Å². The molecule has 1 unspecified atom stereocenters. The van der Waals surface area contributed by atoms with Crippen molar-refractivity contribution in [2.75, 3.05) is 33.3 Å². The third kappa shape index (κ3) is 4.43. The monoisotopic (exact) mass is 388 g/mol. The van der Waals surface area contributed by atoms with E-state index in [1.54, 1.807) is 23.2 Å². The van der Waals surface area contributed by atoms with Gasteiger partial charge in [0.1, 0.15) is 11.7 Å². The molecule has 1 fully saturated rings. The summed E-state index contributed by atoms with van der Waals surface area (Å²) in [6.07, 6.45) is 3.08. The molecule has 0 aliphatic carbocycles. The van der Waals surface area contributed by atoms with Crippen molar-refractivity contribution in [1.82, 2.24) is 19.8 Å². The molecule has 1 aromatic heterocycles. The molecule has 3 rings (SSSR count). The van der Waals surface area contributed by atoms with Crippen molar-refractivity contribution in [1.29, 1.82) is 0 Å². The van der Waals surface area contributed by atoms with Crippen molar-refractivity contribution in [2.45, 2.75) is 13.0 Å². The Labute approximate surface area is 162 Å². The van der Waals surface area contributed by atoms with Gasteiger partial charge in [-0.2, -0.15) is 0 Å². The second kappa shape index (κ2) is 8.45. The predicted octanol–water partition coefficient (Wildman–Crippen LogP) is 2.11. The summed E-state index contributed by atoms with van der Waals surface area (Å²) in [6, 6.07) is 6.63. The molecule has 8 heteroatoms. The molecular formula is C19H21ClN4O3. The second-order valence-electron chi connectivity index (χ2n) is 6.35. The Balaban J connectivity index is 1.70. The van der Waals surface area contributed by atoms with Gasteiger partial charge in [0.25, 0.3) is 5.91 Å². The lowest BCUT2D eigenvalue weighted by molar-refractivity contribution is -0.148. The van der Waals surface area contributed by atoms with E-state index in [1.165, 1.54) is 13.3 Å². The summed E-state index contributed by atoms with van der Waals surface area (Å²) in [5.41, 5.74) is 1.91. The van der Waals surface area contributed by atoms with Gasteiger partial charge in [-0.05, 0) is 24.6 Å². The molecule has 0 saturated carbocycles. The fourth-order valence-corrected chi connectivity index (χ4v) is 3.23. The topological polar surface area (TPSA) is 75.6 Å². The molecule has 0 radical (unpaired) electrons. The molecule has 0 spiro atoms. The highest BCUT2D eigenvalue weighted by Gasteiger charge is 2.32. The van der Waals surface area contributed by atoms with Crippen LogP contribution in [-0.4, -0.2) is 64.9 Å². The quantitative estimate of drug-likeness (QED) is 0.747. The number of nitrogens with zero attached hydrogens (tertiary/aromatic N) is 4. The summed E-state index contributed by atoms with van der Waals surface area (Å²) in [5, 5.41) is 0.608. The number of hydrogen-bond acceptors (Lipinski definition) is 6. The van der Waals surface area contributed by atoms with Crippen molar-refractivity contribution in [3.63, 3.8) is 0 Å². The van der Waals surface area contributed by atoms with Crippen LogP contribution in [0.3, 0.4) is 0 Å². The first-order valence-electron chi connectivity index (χ1n) is 8.65. The number of methoxy groups -OCH3 is 1. The zero-order valence-corrected chi connectivity index (χ0v) is 16.0. The number of carbonyl (C=O) groups excluding carboxylic acids is 2. The number of carbonyl (C=O) groups is 2. The van der Waals surface area contributed by atoms with Gasteiger partial charge in [-0.25, -0.2) is 9.78 Å². The van der Waals surface area contributed by atoms with E-state index in [4.69, 9.17) is 16.3 Å². The highest BCUT2D eigenvalue weighted by molar-refractivity contribution is 6.30. The smallest absolute Gasteiger partial charge is 0.327 e. The van der Waals surface area contributed by atoms with Gasteiger partial charge in [0.2, 0.25) is 0 Å². The van der Waals surface area contributed by atoms with E-state index in [0.29, 0.717) is 36.9 Å². The first kappa shape index (κ1) is 19.3. The van der Waals surface area contributed by atoms with Crippen LogP contribution in [0.2, 0.25) is 5.02 Å². The summed E-state index contributed by atoms with van der Waals surface area (Å²) >= 11 is 5.95. The number of ether oxygens (including phenoxy) is 1. The largest absolute Gasteiger partial charge is 0.468 e. The zero-order valence-electron chi connectivity index (χ0n) is 15.3. The van der Waals surface area contributed by atoms with Crippen molar-refractivity contribution in [3.8, 4) is 0 Å². The first-order chi connectivity index (χ1) is 13.0. The Morgan fingerprint density at radius 1 is 1.07 bits per heavy atom. The van der Waals surface area contributed by atoms with Gasteiger partial charge >= 0.3 is 5.97 Å². The number of amides is 1. The number of benzene rings is 1. The lowest BCUT2D eigenvalue weighted by atomic mass is 10.0. The van der Waals surface area contributed by atoms with E-state index in [1.807, 2.05) is 24.0 Å². The maximum atomic E-state index is 12.6. The summed E-state index contributed by atoms with van der Waals surface area (Å²) in [4.78, 5) is 37.0. The van der Waals surface area contributed by atoms with Crippen molar-refractivity contribution < 1.29 is 14.3 Å². The van der Waals surface area contributed by atoms with Crippen LogP contribution in [-0.2, 0) is 9.53 Å². The molecule has 2 heterocycles. The van der Waals surface area contributed by atoms with Crippen LogP contribution in [0.25, 0.3) is 0 Å². The molecule has 1 aromatic carbocycles. The predicted molar refractivity (Wildman–Crippen MR) is 100 cm³/mol. The van der Waals surface area contributed by atoms with Crippen LogP contribution in [0.5, 0.6) is 0 Å². The van der Waals surface area contributed by atoms with Gasteiger partial charge in [0, 0.05) is 37.4 Å². The fraction of sp³-hybridized carbons (Fsp3) is 0.368. The lowest BCUT2D eigenvalue weighted by Crippen LogP contribution is -2.51. The minimum atomic E-state index is -0.524. The molecule has 1 aliphatic heterocycles. The van der Waals surface area contributed by atoms with Crippen LogP contribution in [0.4, 0.5) is 0 Å². The lowest BCUT2D eigenvalue weighted by Gasteiger charge is -2.38. The van der Waals surface area contributed by atoms with E-state index in [2.05, 4.69) is 9.97 Å². The van der Waals surface area contributed by atoms with Gasteiger partial charge in [-0.15, -0.1) is 0 Å². The second-order valence-corrected chi connectivity index (χ2v) is 6.78. The molecule has 27 heavy (non-hydrogen) atoms. The molecule has 0 N–H and O–H groups in total. The van der Waals surface area contributed by atoms with Gasteiger partial charge < -0.3 is 9.64 Å². The van der Waals surface area contributed by atoms with E-state index >= 15 is 0 Å². The molecule has 1 atom stereocenters. The summed E-state index contributed by atoms with van der Waals surface area (Å²) in [7, 11) is 1.38. The SMILES string of the molecule is COC(=O)C(c1ccc(Cl)cc1)N1CCN(C(=O)c2cnc(C)cn2)CC1. The number of hydrogen-bond donors (Lipinski definition) is 0. The first-order valence-corrected chi connectivity index (χ1v) is 9.02. The summed E-state index contributed by atoms with van der Waals surface area (Å²) in [5.74, 6) is -0.482. The van der Waals surface area contributed by atoms with E-state index in [0.717, 1.165) is 11.3 Å². The number of esters is 1. The zero-order chi connectivity index (χ0) is 19.4. The average Bonchev–Trinajstić information content (AvgIpc) is 2.70. The summed E-state index contributed by atoms with van der Waals surface area (Å²) < 4.78 is 4.99. The number of piperazine rings is 1. The molecule has 0 bridgehead atoms. The van der Waals surface area contributed by atoms with Crippen LogP contribution < -0.4 is 0 Å². The van der Waals surface area contributed by atoms with E-state index in [-0.39, 0.29) is 11.9 Å². The standard InChI is InChI=1S/C19H21ClN4O3/c1-13-11-22-16(12-21-13)18(25)24-9-7-23(8-10-24)17(19(26)27-2)14-3-5-15(20)6-4-14/h3-6,11-12,17H,7-10H2,1-2H3. The summed E-state index contributed by atoms with van der Waals surface area (Å²) in [6.45, 7) is 3.91. The van der Waals surface area contributed by atoms with Crippen molar-refractivity contribution in [2.24, 2.45) is 0 Å². The van der Waals surface area contributed by atoms with Crippen LogP contribution in [0.1, 0.15) is 27.8 Å². The minimum absolute atomic E-state index is 0.150. The van der Waals surface area contributed by atoms with E-state index in [9.17, 15) is 9.59 Å². The highest BCUT2D eigenvalue weighted by atomic mass is 35.5. The molecule has 1 aliphatic rings. The highest BCUT2D eigenvalue weighted by Crippen LogP contribution is 2.25. The fourth-order valence-electron chi connectivity index (χ4n) is 3.10. The number of aromatic nitrogens is 2. The number of aryl methyl sites for hydroxylation is 1. The van der Waals surface area contributed by atoms with Gasteiger partial charge in [-0.3, -0.25) is 14.7 Å². The Kier molecular flexibility index (Phi) is 6.03. The molecule has 1 saturated heterocycles. The van der Waals surface area contributed by atoms with Crippen molar-refractivity contribution >= 4 is 23.5 Å². The molecular weight excluding hydrogens is 368 g/mol. The third-order valence-corrected chi connectivity index (χ3v) is 4.83. The Hall–Kier alpha value is -2.51. The van der Waals surface area contributed by atoms with Gasteiger partial charge in [0.15, 0.2) is 0 Å². The normalized spacial score (nSPS) is 16.0. The molecule has 142 valence electrons. The maximum Gasteiger partial charge on any atom is 0.327 e. The minimum Gasteiger partial charge on any atom is -0.468 e. The molecule has 7 nitrogen and oxygen atoms in total. The Morgan fingerprint density at radius 3 is 2.30 bits per heavy atom. The van der Waals surface area contributed by atoms with Crippen LogP contribution in [0, 0.1) is 6.92 Å².